The van der Waals surface area contributed by atoms with E-state index in [0.717, 1.165) is 5.69 Å². The summed E-state index contributed by atoms with van der Waals surface area (Å²) in [7, 11) is -1.53. The van der Waals surface area contributed by atoms with E-state index in [4.69, 9.17) is 4.52 Å². The lowest BCUT2D eigenvalue weighted by molar-refractivity contribution is 0.372. The Morgan fingerprint density at radius 1 is 1.39 bits per heavy atom. The quantitative estimate of drug-likeness (QED) is 0.384. The predicted octanol–water partition coefficient (Wildman–Crippen LogP) is 1.90. The van der Waals surface area contributed by atoms with E-state index in [1.165, 1.54) is 6.26 Å². The fraction of sp³-hybridized carbons (Fsp3) is 0.714. The van der Waals surface area contributed by atoms with Gasteiger partial charge in [-0.05, 0) is 19.8 Å². The van der Waals surface area contributed by atoms with E-state index >= 15 is 0 Å². The molecule has 0 bridgehead atoms. The van der Waals surface area contributed by atoms with Crippen LogP contribution in [0.2, 0.25) is 0 Å². The van der Waals surface area contributed by atoms with Crippen molar-refractivity contribution < 1.29 is 12.9 Å². The van der Waals surface area contributed by atoms with Gasteiger partial charge in [0.2, 0.25) is 0 Å². The minimum atomic E-state index is -3.15. The average molecular weight is 458 g/mol. The van der Waals surface area contributed by atoms with Crippen LogP contribution in [-0.2, 0) is 16.4 Å². The number of halogens is 1. The van der Waals surface area contributed by atoms with Gasteiger partial charge in [-0.15, -0.1) is 24.0 Å². The van der Waals surface area contributed by atoms with Gasteiger partial charge in [0.25, 0.3) is 0 Å². The molecule has 134 valence electrons. The largest absolute Gasteiger partial charge is 0.359 e. The number of hydrogen-bond acceptors (Lipinski definition) is 5. The summed E-state index contributed by atoms with van der Waals surface area (Å²) in [6, 6.07) is 1.89. The van der Waals surface area contributed by atoms with Crippen molar-refractivity contribution in [2.45, 2.75) is 44.9 Å². The van der Waals surface area contributed by atoms with Crippen molar-refractivity contribution in [1.29, 1.82) is 0 Å². The van der Waals surface area contributed by atoms with Gasteiger partial charge in [-0.2, -0.15) is 0 Å². The highest BCUT2D eigenvalue weighted by molar-refractivity contribution is 14.0. The smallest absolute Gasteiger partial charge is 0.191 e. The monoisotopic (exact) mass is 458 g/mol. The highest BCUT2D eigenvalue weighted by Gasteiger charge is 2.30. The van der Waals surface area contributed by atoms with Gasteiger partial charge in [-0.3, -0.25) is 4.99 Å². The minimum absolute atomic E-state index is 0. The molecule has 1 aromatic heterocycles. The molecule has 1 rings (SSSR count). The van der Waals surface area contributed by atoms with E-state index in [0.29, 0.717) is 24.2 Å². The molecule has 0 unspecified atom stereocenters. The van der Waals surface area contributed by atoms with Crippen LogP contribution in [0.1, 0.15) is 45.1 Å². The van der Waals surface area contributed by atoms with E-state index < -0.39 is 14.6 Å². The Morgan fingerprint density at radius 2 is 2.00 bits per heavy atom. The van der Waals surface area contributed by atoms with Crippen molar-refractivity contribution in [2.75, 3.05) is 19.8 Å². The number of guanidine groups is 1. The molecular formula is C14H27IN4O3S. The summed E-state index contributed by atoms with van der Waals surface area (Å²) >= 11 is 0. The highest BCUT2D eigenvalue weighted by atomic mass is 127. The fourth-order valence-corrected chi connectivity index (χ4v) is 1.84. The molecule has 0 aliphatic rings. The Morgan fingerprint density at radius 3 is 2.43 bits per heavy atom. The summed E-state index contributed by atoms with van der Waals surface area (Å²) in [5, 5.41) is 10.1. The molecule has 0 aliphatic heterocycles. The zero-order chi connectivity index (χ0) is 17.0. The molecule has 0 aliphatic carbocycles. The van der Waals surface area contributed by atoms with Crippen molar-refractivity contribution in [3.05, 3.63) is 17.5 Å². The Bertz CT molecular complexity index is 624. The van der Waals surface area contributed by atoms with Crippen LogP contribution in [-0.4, -0.2) is 44.1 Å². The Kier molecular flexibility index (Phi) is 8.53. The van der Waals surface area contributed by atoms with Crippen molar-refractivity contribution in [2.24, 2.45) is 4.99 Å². The van der Waals surface area contributed by atoms with Gasteiger partial charge in [0.15, 0.2) is 21.6 Å². The second-order valence-corrected chi connectivity index (χ2v) is 8.83. The molecule has 0 saturated carbocycles. The van der Waals surface area contributed by atoms with Crippen LogP contribution in [0.4, 0.5) is 0 Å². The molecule has 0 radical (unpaired) electrons. The van der Waals surface area contributed by atoms with Crippen molar-refractivity contribution in [3.63, 3.8) is 0 Å². The van der Waals surface area contributed by atoms with Crippen molar-refractivity contribution in [1.82, 2.24) is 15.8 Å². The van der Waals surface area contributed by atoms with Crippen molar-refractivity contribution in [3.8, 4) is 0 Å². The van der Waals surface area contributed by atoms with Crippen LogP contribution in [0, 0.1) is 0 Å². The zero-order valence-electron chi connectivity index (χ0n) is 14.5. The van der Waals surface area contributed by atoms with E-state index in [9.17, 15) is 8.42 Å². The Labute approximate surface area is 155 Å². The van der Waals surface area contributed by atoms with Crippen LogP contribution in [0.3, 0.4) is 0 Å². The molecule has 0 amide bonds. The molecule has 7 nitrogen and oxygen atoms in total. The number of hydrogen-bond donors (Lipinski definition) is 2. The first kappa shape index (κ1) is 22.2. The number of aliphatic imine (C=N–C) groups is 1. The van der Waals surface area contributed by atoms with Gasteiger partial charge >= 0.3 is 0 Å². The summed E-state index contributed by atoms with van der Waals surface area (Å²) in [6.45, 7) is 8.13. The maximum Gasteiger partial charge on any atom is 0.191 e. The molecule has 0 saturated heterocycles. The summed E-state index contributed by atoms with van der Waals surface area (Å²) < 4.78 is 27.7. The normalized spacial score (nSPS) is 12.9. The molecule has 0 atom stereocenters. The van der Waals surface area contributed by atoms with E-state index in [1.54, 1.807) is 20.9 Å². The number of nitrogens with one attached hydrogen (secondary N) is 2. The summed E-state index contributed by atoms with van der Waals surface area (Å²) in [5.74, 6) is 1.53. The van der Waals surface area contributed by atoms with Gasteiger partial charge in [-0.25, -0.2) is 8.42 Å². The molecule has 1 aromatic rings. The van der Waals surface area contributed by atoms with Gasteiger partial charge in [0.1, 0.15) is 0 Å². The zero-order valence-corrected chi connectivity index (χ0v) is 17.7. The lowest BCUT2D eigenvalue weighted by Gasteiger charge is -2.24. The molecule has 0 spiro atoms. The fourth-order valence-electron chi connectivity index (χ4n) is 1.50. The molecule has 0 aromatic carbocycles. The van der Waals surface area contributed by atoms with Crippen LogP contribution in [0.5, 0.6) is 0 Å². The predicted molar refractivity (Wildman–Crippen MR) is 103 cm³/mol. The van der Waals surface area contributed by atoms with Crippen molar-refractivity contribution >= 4 is 39.8 Å². The molecule has 23 heavy (non-hydrogen) atoms. The molecule has 9 heteroatoms. The summed E-state index contributed by atoms with van der Waals surface area (Å²) in [5.41, 5.74) is 0.901. The standard InChI is InChI=1S/C14H26N4O3S.HI/c1-10(2)12-7-11(21-18-12)8-16-13(15-5)17-9-14(3,4)22(6,19)20;/h7,10H,8-9H2,1-6H3,(H2,15,16,17);1H. The second-order valence-electron chi connectivity index (χ2n) is 6.18. The van der Waals surface area contributed by atoms with Gasteiger partial charge in [0, 0.05) is 25.9 Å². The topological polar surface area (TPSA) is 96.6 Å². The lowest BCUT2D eigenvalue weighted by Crippen LogP contribution is -2.47. The second kappa shape index (κ2) is 8.86. The summed E-state index contributed by atoms with van der Waals surface area (Å²) in [6.07, 6.45) is 1.23. The van der Waals surface area contributed by atoms with E-state index in [2.05, 4.69) is 20.8 Å². The third-order valence-electron chi connectivity index (χ3n) is 3.51. The first-order valence-corrected chi connectivity index (χ1v) is 9.05. The third-order valence-corrected chi connectivity index (χ3v) is 5.66. The van der Waals surface area contributed by atoms with Crippen LogP contribution in [0.25, 0.3) is 0 Å². The Hall–Kier alpha value is -0.840. The highest BCUT2D eigenvalue weighted by Crippen LogP contribution is 2.14. The minimum Gasteiger partial charge on any atom is -0.359 e. The maximum absolute atomic E-state index is 11.7. The SMILES string of the molecule is CN=C(NCc1cc(C(C)C)no1)NCC(C)(C)S(C)(=O)=O.I. The van der Waals surface area contributed by atoms with E-state index in [-0.39, 0.29) is 30.5 Å². The third kappa shape index (κ3) is 6.66. The first-order chi connectivity index (χ1) is 10.1. The van der Waals surface area contributed by atoms with Gasteiger partial charge < -0.3 is 15.2 Å². The van der Waals surface area contributed by atoms with Crippen LogP contribution in [0.15, 0.2) is 15.6 Å². The lowest BCUT2D eigenvalue weighted by atomic mass is 10.1. The first-order valence-electron chi connectivity index (χ1n) is 7.16. The number of sulfone groups is 1. The maximum atomic E-state index is 11.7. The van der Waals surface area contributed by atoms with E-state index in [1.807, 2.05) is 19.9 Å². The molecule has 1 heterocycles. The molecular weight excluding hydrogens is 431 g/mol. The Balaban J connectivity index is 0.00000484. The van der Waals surface area contributed by atoms with Gasteiger partial charge in [-0.1, -0.05) is 19.0 Å². The van der Waals surface area contributed by atoms with Gasteiger partial charge in [0.05, 0.1) is 17.0 Å². The number of rotatable bonds is 6. The molecule has 0 fully saturated rings. The summed E-state index contributed by atoms with van der Waals surface area (Å²) in [4.78, 5) is 4.07. The molecule has 2 N–H and O–H groups in total. The average Bonchev–Trinajstić information content (AvgIpc) is 2.86. The van der Waals surface area contributed by atoms with Crippen LogP contribution >= 0.6 is 24.0 Å². The number of aromatic nitrogens is 1. The van der Waals surface area contributed by atoms with Crippen LogP contribution < -0.4 is 10.6 Å². The number of nitrogens with zero attached hydrogens (tertiary/aromatic N) is 2.